The lowest BCUT2D eigenvalue weighted by atomic mass is 9.90. The molecule has 5 nitrogen and oxygen atoms in total. The third-order valence-electron chi connectivity index (χ3n) is 3.13. The Bertz CT molecular complexity index is 585. The summed E-state index contributed by atoms with van der Waals surface area (Å²) in [4.78, 5) is 10.8. The molecule has 0 aliphatic rings. The fourth-order valence-electron chi connectivity index (χ4n) is 1.69. The molecule has 0 radical (unpaired) electrons. The molecule has 0 bridgehead atoms. The second kappa shape index (κ2) is 4.85. The van der Waals surface area contributed by atoms with Gasteiger partial charge in [0.05, 0.1) is 17.9 Å². The summed E-state index contributed by atoms with van der Waals surface area (Å²) in [5.74, 6) is -0.948. The van der Waals surface area contributed by atoms with Crippen LogP contribution in [-0.2, 0) is 5.41 Å². The Hall–Kier alpha value is -2.14. The lowest BCUT2D eigenvalue weighted by molar-refractivity contribution is 0.0697. The number of nitrogens with zero attached hydrogens (tertiary/aromatic N) is 1. The summed E-state index contributed by atoms with van der Waals surface area (Å²) >= 11 is 0. The number of carbonyl (C=O) groups is 1. The number of rotatable bonds is 4. The number of carboxylic acid groups (broad SMARTS) is 1. The van der Waals surface area contributed by atoms with Gasteiger partial charge in [-0.25, -0.2) is 4.79 Å². The van der Waals surface area contributed by atoms with E-state index in [1.807, 2.05) is 19.9 Å². The first kappa shape index (κ1) is 13.3. The largest absolute Gasteiger partial charge is 0.478 e. The number of aromatic amines is 1. The molecule has 0 amide bonds. The van der Waals surface area contributed by atoms with Gasteiger partial charge in [0.15, 0.2) is 0 Å². The highest BCUT2D eigenvalue weighted by Crippen LogP contribution is 2.25. The van der Waals surface area contributed by atoms with Gasteiger partial charge >= 0.3 is 5.97 Å². The Morgan fingerprint density at radius 3 is 2.47 bits per heavy atom. The smallest absolute Gasteiger partial charge is 0.335 e. The van der Waals surface area contributed by atoms with Crippen molar-refractivity contribution in [3.63, 3.8) is 0 Å². The lowest BCUT2D eigenvalue weighted by Gasteiger charge is -2.18. The average molecular weight is 260 g/mol. The van der Waals surface area contributed by atoms with Crippen molar-refractivity contribution in [2.45, 2.75) is 19.3 Å². The molecule has 1 aromatic heterocycles. The second-order valence-electron chi connectivity index (χ2n) is 5.09. The molecule has 0 aliphatic heterocycles. The summed E-state index contributed by atoms with van der Waals surface area (Å²) in [6.07, 6.45) is 0. The second-order valence-corrected chi connectivity index (χ2v) is 5.09. The highest BCUT2D eigenvalue weighted by atomic mass is 16.4. The summed E-state index contributed by atoms with van der Waals surface area (Å²) in [5, 5.41) is 25.2. The van der Waals surface area contributed by atoms with Crippen LogP contribution in [0.15, 0.2) is 30.3 Å². The monoisotopic (exact) mass is 260 g/mol. The Labute approximate surface area is 110 Å². The quantitative estimate of drug-likeness (QED) is 0.785. The van der Waals surface area contributed by atoms with E-state index in [2.05, 4.69) is 10.2 Å². The molecule has 0 aliphatic carbocycles. The summed E-state index contributed by atoms with van der Waals surface area (Å²) in [6, 6.07) is 8.39. The molecule has 2 aromatic rings. The van der Waals surface area contributed by atoms with Crippen molar-refractivity contribution in [3.05, 3.63) is 41.6 Å². The van der Waals surface area contributed by atoms with Crippen LogP contribution in [0.25, 0.3) is 11.3 Å². The number of nitrogens with one attached hydrogen (secondary N) is 1. The van der Waals surface area contributed by atoms with Gasteiger partial charge < -0.3 is 10.2 Å². The molecule has 1 heterocycles. The van der Waals surface area contributed by atoms with E-state index in [9.17, 15) is 9.90 Å². The minimum Gasteiger partial charge on any atom is -0.478 e. The van der Waals surface area contributed by atoms with Crippen LogP contribution in [0, 0.1) is 0 Å². The third kappa shape index (κ3) is 2.66. The zero-order valence-electron chi connectivity index (χ0n) is 10.8. The molecule has 19 heavy (non-hydrogen) atoms. The summed E-state index contributed by atoms with van der Waals surface area (Å²) < 4.78 is 0. The SMILES string of the molecule is CC(C)(CO)c1cc(-c2ccc(C(=O)O)cc2)n[nH]1. The summed E-state index contributed by atoms with van der Waals surface area (Å²) in [7, 11) is 0. The van der Waals surface area contributed by atoms with E-state index in [4.69, 9.17) is 5.11 Å². The fourth-order valence-corrected chi connectivity index (χ4v) is 1.69. The Kier molecular flexibility index (Phi) is 3.40. The van der Waals surface area contributed by atoms with Crippen LogP contribution in [0.5, 0.6) is 0 Å². The molecular formula is C14H16N2O3. The highest BCUT2D eigenvalue weighted by molar-refractivity contribution is 5.88. The van der Waals surface area contributed by atoms with E-state index in [0.717, 1.165) is 17.0 Å². The first-order valence-electron chi connectivity index (χ1n) is 5.94. The van der Waals surface area contributed by atoms with Gasteiger partial charge in [0, 0.05) is 16.7 Å². The summed E-state index contributed by atoms with van der Waals surface area (Å²) in [5.41, 5.74) is 2.27. The Morgan fingerprint density at radius 2 is 1.95 bits per heavy atom. The number of hydrogen-bond acceptors (Lipinski definition) is 3. The first-order chi connectivity index (χ1) is 8.94. The van der Waals surface area contributed by atoms with Crippen molar-refractivity contribution in [2.75, 3.05) is 6.61 Å². The van der Waals surface area contributed by atoms with Crippen molar-refractivity contribution < 1.29 is 15.0 Å². The third-order valence-corrected chi connectivity index (χ3v) is 3.13. The molecule has 100 valence electrons. The standard InChI is InChI=1S/C14H16N2O3/c1-14(2,8-17)12-7-11(15-16-12)9-3-5-10(6-4-9)13(18)19/h3-7,17H,8H2,1-2H3,(H,15,16)(H,18,19). The van der Waals surface area contributed by atoms with Gasteiger partial charge in [0.25, 0.3) is 0 Å². The molecule has 1 aromatic carbocycles. The normalized spacial score (nSPS) is 11.5. The van der Waals surface area contributed by atoms with Crippen LogP contribution in [0.3, 0.4) is 0 Å². The number of aromatic nitrogens is 2. The molecule has 5 heteroatoms. The fraction of sp³-hybridized carbons (Fsp3) is 0.286. The minimum absolute atomic E-state index is 0.0204. The van der Waals surface area contributed by atoms with E-state index >= 15 is 0 Å². The van der Waals surface area contributed by atoms with Crippen LogP contribution >= 0.6 is 0 Å². The van der Waals surface area contributed by atoms with Crippen LogP contribution in [0.1, 0.15) is 29.9 Å². The maximum Gasteiger partial charge on any atom is 0.335 e. The molecule has 2 rings (SSSR count). The molecule has 0 spiro atoms. The minimum atomic E-state index is -0.948. The Balaban J connectivity index is 2.30. The zero-order valence-corrected chi connectivity index (χ0v) is 10.8. The van der Waals surface area contributed by atoms with Crippen molar-refractivity contribution in [1.82, 2.24) is 10.2 Å². The molecule has 3 N–H and O–H groups in total. The van der Waals surface area contributed by atoms with Gasteiger partial charge in [-0.15, -0.1) is 0 Å². The number of benzene rings is 1. The number of H-pyrrole nitrogens is 1. The van der Waals surface area contributed by atoms with Crippen molar-refractivity contribution >= 4 is 5.97 Å². The van der Waals surface area contributed by atoms with Crippen LogP contribution in [-0.4, -0.2) is 33.0 Å². The highest BCUT2D eigenvalue weighted by Gasteiger charge is 2.22. The van der Waals surface area contributed by atoms with Gasteiger partial charge in [-0.05, 0) is 18.2 Å². The van der Waals surface area contributed by atoms with Crippen molar-refractivity contribution in [2.24, 2.45) is 0 Å². The molecular weight excluding hydrogens is 244 g/mol. The number of hydrogen-bond donors (Lipinski definition) is 3. The molecule has 0 saturated carbocycles. The predicted octanol–water partition coefficient (Wildman–Crippen LogP) is 2.04. The van der Waals surface area contributed by atoms with Crippen molar-refractivity contribution in [3.8, 4) is 11.3 Å². The zero-order chi connectivity index (χ0) is 14.0. The summed E-state index contributed by atoms with van der Waals surface area (Å²) in [6.45, 7) is 3.85. The van der Waals surface area contributed by atoms with E-state index in [0.29, 0.717) is 0 Å². The number of carboxylic acids is 1. The predicted molar refractivity (Wildman–Crippen MR) is 71.1 cm³/mol. The van der Waals surface area contributed by atoms with Gasteiger partial charge in [-0.3, -0.25) is 5.10 Å². The van der Waals surface area contributed by atoms with Crippen LogP contribution in [0.2, 0.25) is 0 Å². The first-order valence-corrected chi connectivity index (χ1v) is 5.94. The molecule has 0 unspecified atom stereocenters. The Morgan fingerprint density at radius 1 is 1.32 bits per heavy atom. The van der Waals surface area contributed by atoms with Crippen LogP contribution < -0.4 is 0 Å². The van der Waals surface area contributed by atoms with Gasteiger partial charge in [-0.2, -0.15) is 5.10 Å². The molecule has 0 atom stereocenters. The average Bonchev–Trinajstić information content (AvgIpc) is 2.89. The van der Waals surface area contributed by atoms with Crippen molar-refractivity contribution in [1.29, 1.82) is 0 Å². The van der Waals surface area contributed by atoms with E-state index in [-0.39, 0.29) is 17.6 Å². The topological polar surface area (TPSA) is 86.2 Å². The van der Waals surface area contributed by atoms with Gasteiger partial charge in [0.1, 0.15) is 0 Å². The maximum absolute atomic E-state index is 10.8. The number of aliphatic hydroxyl groups is 1. The number of aliphatic hydroxyl groups excluding tert-OH is 1. The van der Waals surface area contributed by atoms with E-state index in [1.54, 1.807) is 24.3 Å². The van der Waals surface area contributed by atoms with E-state index < -0.39 is 5.97 Å². The molecule has 0 saturated heterocycles. The maximum atomic E-state index is 10.8. The van der Waals surface area contributed by atoms with Gasteiger partial charge in [0.2, 0.25) is 0 Å². The van der Waals surface area contributed by atoms with Crippen LogP contribution in [0.4, 0.5) is 0 Å². The molecule has 0 fully saturated rings. The van der Waals surface area contributed by atoms with E-state index in [1.165, 1.54) is 0 Å². The van der Waals surface area contributed by atoms with Gasteiger partial charge in [-0.1, -0.05) is 26.0 Å². The number of aromatic carboxylic acids is 1. The lowest BCUT2D eigenvalue weighted by Crippen LogP contribution is -2.22.